The third-order valence-corrected chi connectivity index (χ3v) is 6.77. The second-order valence-electron chi connectivity index (χ2n) is 8.21. The molecule has 0 spiro atoms. The van der Waals surface area contributed by atoms with E-state index in [2.05, 4.69) is 25.6 Å². The Morgan fingerprint density at radius 3 is 2.87 bits per heavy atom. The highest BCUT2D eigenvalue weighted by molar-refractivity contribution is 7.89. The summed E-state index contributed by atoms with van der Waals surface area (Å²) in [5, 5.41) is 13.2. The van der Waals surface area contributed by atoms with Crippen LogP contribution in [0.3, 0.4) is 0 Å². The number of amides is 1. The third kappa shape index (κ3) is 4.93. The molecule has 10 nitrogen and oxygen atoms in total. The van der Waals surface area contributed by atoms with E-state index in [-0.39, 0.29) is 29.1 Å². The summed E-state index contributed by atoms with van der Waals surface area (Å²) < 4.78 is 38.1. The van der Waals surface area contributed by atoms with Crippen LogP contribution in [0.25, 0.3) is 0 Å². The third-order valence-electron chi connectivity index (χ3n) is 5.23. The van der Waals surface area contributed by atoms with Crippen molar-refractivity contribution < 1.29 is 22.7 Å². The predicted octanol–water partition coefficient (Wildman–Crippen LogP) is 2.94. The van der Waals surface area contributed by atoms with Crippen LogP contribution in [0.2, 0.25) is 0 Å². The summed E-state index contributed by atoms with van der Waals surface area (Å²) in [5.41, 5.74) is 1.53. The molecule has 2 aromatic rings. The number of rotatable bonds is 5. The van der Waals surface area contributed by atoms with Gasteiger partial charge in [0.25, 0.3) is 0 Å². The van der Waals surface area contributed by atoms with Crippen molar-refractivity contribution in [2.24, 2.45) is 0 Å². The normalized spacial score (nSPS) is 24.3. The molecule has 2 aliphatic rings. The monoisotopic (exact) mass is 449 g/mol. The topological polar surface area (TPSA) is 134 Å². The van der Waals surface area contributed by atoms with Gasteiger partial charge >= 0.3 is 6.09 Å². The Labute approximate surface area is 181 Å². The summed E-state index contributed by atoms with van der Waals surface area (Å²) >= 11 is 0. The van der Waals surface area contributed by atoms with E-state index in [1.165, 1.54) is 6.07 Å². The first-order valence-corrected chi connectivity index (χ1v) is 11.8. The highest BCUT2D eigenvalue weighted by Gasteiger charge is 2.31. The molecular formula is C20H27N5O5S. The molecule has 0 saturated heterocycles. The second kappa shape index (κ2) is 8.39. The van der Waals surface area contributed by atoms with Gasteiger partial charge in [0.1, 0.15) is 16.7 Å². The van der Waals surface area contributed by atoms with Crippen LogP contribution < -0.4 is 20.1 Å². The van der Waals surface area contributed by atoms with Gasteiger partial charge in [0.2, 0.25) is 10.0 Å². The lowest BCUT2D eigenvalue weighted by atomic mass is 10.0. The van der Waals surface area contributed by atoms with E-state index in [1.807, 2.05) is 19.9 Å². The zero-order valence-corrected chi connectivity index (χ0v) is 18.5. The maximum Gasteiger partial charge on any atom is 0.407 e. The number of nitrogens with zero attached hydrogens (tertiary/aromatic N) is 1. The van der Waals surface area contributed by atoms with Gasteiger partial charge in [-0.05, 0) is 58.2 Å². The molecule has 4 rings (SSSR count). The zero-order chi connectivity index (χ0) is 22.2. The molecule has 31 heavy (non-hydrogen) atoms. The Hall–Kier alpha value is -2.79. The first-order chi connectivity index (χ1) is 14.7. The molecule has 1 saturated carbocycles. The number of aromatic amines is 1. The minimum absolute atomic E-state index is 0.0373. The molecule has 1 fully saturated rings. The number of sulfonamides is 1. The summed E-state index contributed by atoms with van der Waals surface area (Å²) in [7, 11) is -3.63. The lowest BCUT2D eigenvalue weighted by molar-refractivity contribution is 0.0981. The minimum Gasteiger partial charge on any atom is -0.473 e. The molecule has 1 aromatic carbocycles. The summed E-state index contributed by atoms with van der Waals surface area (Å²) in [6, 6.07) is 6.82. The SMILES string of the molecule is CC(C)NC(=O)O[C@@H]1CC[C@H](c2cc(Nc3ccc4c(c3)S(=O)(=O)NC(C)O4)n[nH]2)C1. The molecular weight excluding hydrogens is 422 g/mol. The quantitative estimate of drug-likeness (QED) is 0.551. The Balaban J connectivity index is 1.40. The number of benzene rings is 1. The van der Waals surface area contributed by atoms with Crippen molar-refractivity contribution in [2.75, 3.05) is 5.32 Å². The van der Waals surface area contributed by atoms with Crippen molar-refractivity contribution in [2.45, 2.75) is 69.2 Å². The highest BCUT2D eigenvalue weighted by Crippen LogP contribution is 2.36. The Morgan fingerprint density at radius 1 is 1.29 bits per heavy atom. The van der Waals surface area contributed by atoms with Crippen molar-refractivity contribution in [1.29, 1.82) is 0 Å². The Kier molecular flexibility index (Phi) is 5.80. The van der Waals surface area contributed by atoms with Gasteiger partial charge in [0.15, 0.2) is 12.0 Å². The maximum atomic E-state index is 12.4. The van der Waals surface area contributed by atoms with Crippen LogP contribution in [0, 0.1) is 0 Å². The van der Waals surface area contributed by atoms with Gasteiger partial charge in [-0.2, -0.15) is 9.82 Å². The molecule has 1 unspecified atom stereocenters. The highest BCUT2D eigenvalue weighted by atomic mass is 32.2. The number of H-pyrrole nitrogens is 1. The minimum atomic E-state index is -3.63. The summed E-state index contributed by atoms with van der Waals surface area (Å²) in [6.07, 6.45) is 1.30. The molecule has 11 heteroatoms. The van der Waals surface area contributed by atoms with Gasteiger partial charge in [-0.3, -0.25) is 5.10 Å². The molecule has 1 aliphatic carbocycles. The molecule has 1 aromatic heterocycles. The van der Waals surface area contributed by atoms with Gasteiger partial charge in [-0.15, -0.1) is 0 Å². The molecule has 2 heterocycles. The molecule has 168 valence electrons. The van der Waals surface area contributed by atoms with Crippen LogP contribution in [0.1, 0.15) is 51.6 Å². The van der Waals surface area contributed by atoms with E-state index in [0.29, 0.717) is 17.3 Å². The van der Waals surface area contributed by atoms with Crippen molar-refractivity contribution >= 4 is 27.6 Å². The number of fused-ring (bicyclic) bond motifs is 1. The average molecular weight is 450 g/mol. The van der Waals surface area contributed by atoms with E-state index >= 15 is 0 Å². The standard InChI is InChI=1S/C20H27N5O5S/c1-11(2)21-20(26)30-15-6-4-13(8-15)16-10-19(24-23-16)22-14-5-7-17-18(9-14)31(27,28)25-12(3)29-17/h5,7,9-13,15,25H,4,6,8H2,1-3H3,(H,21,26)(H2,22,23,24)/t12?,13-,15+/m0/s1. The fourth-order valence-corrected chi connectivity index (χ4v) is 5.17. The van der Waals surface area contributed by atoms with Crippen molar-refractivity contribution in [3.05, 3.63) is 30.0 Å². The summed E-state index contributed by atoms with van der Waals surface area (Å²) in [5.74, 6) is 1.10. The van der Waals surface area contributed by atoms with Gasteiger partial charge in [-0.25, -0.2) is 13.2 Å². The number of alkyl carbamates (subject to hydrolysis) is 1. The smallest absolute Gasteiger partial charge is 0.407 e. The number of anilines is 2. The van der Waals surface area contributed by atoms with Crippen LogP contribution in [0.5, 0.6) is 5.75 Å². The molecule has 0 radical (unpaired) electrons. The number of carbonyl (C=O) groups is 1. The van der Waals surface area contributed by atoms with Crippen LogP contribution >= 0.6 is 0 Å². The van der Waals surface area contributed by atoms with Crippen molar-refractivity contribution in [1.82, 2.24) is 20.2 Å². The number of aromatic nitrogens is 2. The fourth-order valence-electron chi connectivity index (χ4n) is 3.90. The summed E-state index contributed by atoms with van der Waals surface area (Å²) in [6.45, 7) is 5.41. The first kappa shape index (κ1) is 21.4. The van der Waals surface area contributed by atoms with E-state index in [4.69, 9.17) is 9.47 Å². The molecule has 4 N–H and O–H groups in total. The van der Waals surface area contributed by atoms with Crippen LogP contribution in [-0.2, 0) is 14.8 Å². The van der Waals surface area contributed by atoms with Gasteiger partial charge in [0, 0.05) is 29.4 Å². The number of carbonyl (C=O) groups excluding carboxylic acids is 1. The van der Waals surface area contributed by atoms with Crippen molar-refractivity contribution in [3.63, 3.8) is 0 Å². The fraction of sp³-hybridized carbons (Fsp3) is 0.500. The second-order valence-corrected chi connectivity index (χ2v) is 9.90. The van der Waals surface area contributed by atoms with Gasteiger partial charge < -0.3 is 20.1 Å². The largest absolute Gasteiger partial charge is 0.473 e. The Bertz CT molecular complexity index is 1070. The van der Waals surface area contributed by atoms with Gasteiger partial charge in [-0.1, -0.05) is 0 Å². The Morgan fingerprint density at radius 2 is 2.10 bits per heavy atom. The summed E-state index contributed by atoms with van der Waals surface area (Å²) in [4.78, 5) is 11.9. The average Bonchev–Trinajstić information content (AvgIpc) is 3.30. The number of ether oxygens (including phenoxy) is 2. The van der Waals surface area contributed by atoms with Gasteiger partial charge in [0.05, 0.1) is 0 Å². The molecule has 0 bridgehead atoms. The lowest BCUT2D eigenvalue weighted by Gasteiger charge is -2.24. The van der Waals surface area contributed by atoms with E-state index in [1.54, 1.807) is 19.1 Å². The molecule has 1 aliphatic heterocycles. The number of hydrogen-bond acceptors (Lipinski definition) is 7. The van der Waals surface area contributed by atoms with Crippen LogP contribution in [0.4, 0.5) is 16.3 Å². The molecule has 3 atom stereocenters. The van der Waals surface area contributed by atoms with Crippen LogP contribution in [0.15, 0.2) is 29.2 Å². The van der Waals surface area contributed by atoms with E-state index in [0.717, 1.165) is 25.0 Å². The van der Waals surface area contributed by atoms with E-state index < -0.39 is 16.3 Å². The zero-order valence-electron chi connectivity index (χ0n) is 17.6. The number of nitrogens with one attached hydrogen (secondary N) is 4. The lowest BCUT2D eigenvalue weighted by Crippen LogP contribution is -2.40. The van der Waals surface area contributed by atoms with E-state index in [9.17, 15) is 13.2 Å². The van der Waals surface area contributed by atoms with Crippen LogP contribution in [-0.4, -0.2) is 43.1 Å². The first-order valence-electron chi connectivity index (χ1n) is 10.3. The number of hydrogen-bond donors (Lipinski definition) is 4. The maximum absolute atomic E-state index is 12.4. The molecule has 1 amide bonds. The van der Waals surface area contributed by atoms with Crippen molar-refractivity contribution in [3.8, 4) is 5.75 Å². The predicted molar refractivity (Wildman–Crippen MR) is 114 cm³/mol.